The summed E-state index contributed by atoms with van der Waals surface area (Å²) in [6.07, 6.45) is 5.95. The smallest absolute Gasteiger partial charge is 0.309 e. The van der Waals surface area contributed by atoms with Crippen molar-refractivity contribution in [2.24, 2.45) is 50.2 Å². The Morgan fingerprint density at radius 3 is 2.02 bits per heavy atom. The van der Waals surface area contributed by atoms with Gasteiger partial charge in [-0.2, -0.15) is 0 Å². The van der Waals surface area contributed by atoms with Crippen LogP contribution in [-0.2, 0) is 42.9 Å². The van der Waals surface area contributed by atoms with Crippen molar-refractivity contribution in [2.75, 3.05) is 6.61 Å². The lowest BCUT2D eigenvalue weighted by molar-refractivity contribution is -0.316. The lowest BCUT2D eigenvalue weighted by atomic mass is 9.41. The summed E-state index contributed by atoms with van der Waals surface area (Å²) in [7, 11) is 0. The minimum Gasteiger partial charge on any atom is -0.481 e. The molecule has 6 unspecified atom stereocenters. The van der Waals surface area contributed by atoms with E-state index in [4.69, 9.17) is 23.7 Å². The fraction of sp³-hybridized carbons (Fsp3) is 0.902. The molecule has 3 spiro atoms. The summed E-state index contributed by atoms with van der Waals surface area (Å²) < 4.78 is 32.7. The van der Waals surface area contributed by atoms with Gasteiger partial charge in [-0.05, 0) is 115 Å². The molecule has 0 aromatic rings. The lowest BCUT2D eigenvalue weighted by Gasteiger charge is -2.64. The summed E-state index contributed by atoms with van der Waals surface area (Å²) in [5.41, 5.74) is -4.56. The van der Waals surface area contributed by atoms with Gasteiger partial charge >= 0.3 is 23.9 Å². The van der Waals surface area contributed by atoms with Crippen LogP contribution in [0.25, 0.3) is 0 Å². The molecule has 0 radical (unpaired) electrons. The van der Waals surface area contributed by atoms with Crippen LogP contribution in [0.3, 0.4) is 0 Å². The maximum Gasteiger partial charge on any atom is 0.309 e. The summed E-state index contributed by atoms with van der Waals surface area (Å²) in [5, 5.41) is 21.0. The highest BCUT2D eigenvalue weighted by Gasteiger charge is 2.88. The van der Waals surface area contributed by atoms with Crippen molar-refractivity contribution in [3.05, 3.63) is 0 Å². The highest BCUT2D eigenvalue weighted by Crippen LogP contribution is 2.90. The number of carbonyl (C=O) groups excluding carboxylic acids is 3. The second-order valence-electron chi connectivity index (χ2n) is 20.2. The van der Waals surface area contributed by atoms with Crippen LogP contribution in [0.4, 0.5) is 0 Å². The number of carboxylic acids is 1. The van der Waals surface area contributed by atoms with Crippen LogP contribution in [-0.4, -0.2) is 76.0 Å². The van der Waals surface area contributed by atoms with Crippen molar-refractivity contribution >= 4 is 23.9 Å². The van der Waals surface area contributed by atoms with Crippen molar-refractivity contribution < 1.29 is 53.1 Å². The molecule has 2 aliphatic heterocycles. The first-order valence-electron chi connectivity index (χ1n) is 19.7. The Balaban J connectivity index is 1.24. The van der Waals surface area contributed by atoms with Gasteiger partial charge in [0.05, 0.1) is 17.6 Å². The maximum absolute atomic E-state index is 13.1. The second kappa shape index (κ2) is 11.4. The molecule has 2 heterocycles. The number of rotatable bonds is 8. The number of ether oxygens (including phenoxy) is 5. The van der Waals surface area contributed by atoms with Gasteiger partial charge in [-0.3, -0.25) is 19.2 Å². The second-order valence-corrected chi connectivity index (χ2v) is 20.2. The van der Waals surface area contributed by atoms with Crippen molar-refractivity contribution in [2.45, 2.75) is 175 Å². The third kappa shape index (κ3) is 4.85. The van der Waals surface area contributed by atoms with Crippen molar-refractivity contribution in [3.63, 3.8) is 0 Å². The van der Waals surface area contributed by atoms with Crippen LogP contribution >= 0.6 is 0 Å². The zero-order valence-corrected chi connectivity index (χ0v) is 33.0. The number of carboxylic acid groups (broad SMARTS) is 1. The van der Waals surface area contributed by atoms with Crippen molar-refractivity contribution in [1.29, 1.82) is 0 Å². The monoisotopic (exact) mass is 730 g/mol. The van der Waals surface area contributed by atoms with E-state index in [-0.39, 0.29) is 53.0 Å². The Morgan fingerprint density at radius 1 is 0.788 bits per heavy atom. The van der Waals surface area contributed by atoms with Gasteiger partial charge in [0.1, 0.15) is 23.9 Å². The normalized spacial score (nSPS) is 47.0. The van der Waals surface area contributed by atoms with Crippen LogP contribution in [0, 0.1) is 50.2 Å². The van der Waals surface area contributed by atoms with E-state index < -0.39 is 63.4 Å². The van der Waals surface area contributed by atoms with E-state index in [1.165, 1.54) is 13.8 Å². The number of aliphatic hydroxyl groups is 1. The first kappa shape index (κ1) is 38.1. The molecule has 12 atom stereocenters. The SMILES string of the molecule is CC(=O)OC1C(OC(C)=O)[C@@]2(C)C3CCC4C(C)(C)C(OC(=O)CCC(C)(C)C(=O)O)CC[C@@]45C[C@@]35CC[C@@]23CO[C@@]2(C(C)(C)O)CCC(C)(O2)[C@@H]13. The predicted octanol–water partition coefficient (Wildman–Crippen LogP) is 6.36. The number of carbonyl (C=O) groups is 4. The third-order valence-corrected chi connectivity index (χ3v) is 16.7. The molecule has 7 aliphatic rings. The number of hydrogen-bond acceptors (Lipinski definition) is 10. The molecule has 52 heavy (non-hydrogen) atoms. The standard InChI is InChI=1S/C41H62O11/c1-23(42)49-29-30-36(9)17-20-41(52-36,35(7,8)47)48-22-40(30)19-18-39-21-38(39)16-13-27(51-28(44)14-15-33(3,4)32(45)46)34(5,6)25(38)11-12-26(39)37(40,10)31(29)50-24(2)43/h25-27,29-31,47H,11-22H2,1-10H3,(H,45,46)/t25?,26?,27?,29?,30-,31?,36?,37-,38-,39+,40+,41+/m1/s1. The van der Waals surface area contributed by atoms with Crippen LogP contribution in [0.1, 0.15) is 140 Å². The number of esters is 3. The molecule has 5 aliphatic carbocycles. The molecule has 292 valence electrons. The van der Waals surface area contributed by atoms with Gasteiger partial charge in [-0.1, -0.05) is 20.8 Å². The molecule has 2 bridgehead atoms. The number of hydrogen-bond donors (Lipinski definition) is 2. The Bertz CT molecular complexity index is 1550. The molecule has 0 amide bonds. The van der Waals surface area contributed by atoms with E-state index in [1.54, 1.807) is 27.7 Å². The largest absolute Gasteiger partial charge is 0.481 e. The fourth-order valence-corrected chi connectivity index (χ4v) is 14.1. The van der Waals surface area contributed by atoms with E-state index in [2.05, 4.69) is 27.7 Å². The van der Waals surface area contributed by atoms with Gasteiger partial charge in [0.2, 0.25) is 0 Å². The van der Waals surface area contributed by atoms with Crippen LogP contribution < -0.4 is 0 Å². The minimum absolute atomic E-state index is 0.0250. The highest BCUT2D eigenvalue weighted by atomic mass is 16.7. The summed E-state index contributed by atoms with van der Waals surface area (Å²) in [5.74, 6) is -3.18. The van der Waals surface area contributed by atoms with Crippen molar-refractivity contribution in [1.82, 2.24) is 0 Å². The Labute approximate surface area is 308 Å². The quantitative estimate of drug-likeness (QED) is 0.212. The summed E-state index contributed by atoms with van der Waals surface area (Å²) in [6, 6.07) is 0. The van der Waals surface area contributed by atoms with Gasteiger partial charge in [-0.15, -0.1) is 0 Å². The molecular weight excluding hydrogens is 668 g/mol. The first-order chi connectivity index (χ1) is 23.9. The summed E-state index contributed by atoms with van der Waals surface area (Å²) >= 11 is 0. The molecular formula is C41H62O11. The molecule has 5 saturated carbocycles. The number of aliphatic carboxylic acids is 1. The molecule has 11 heteroatoms. The average molecular weight is 731 g/mol. The molecule has 2 N–H and O–H groups in total. The Morgan fingerprint density at radius 2 is 1.40 bits per heavy atom. The zero-order chi connectivity index (χ0) is 38.3. The zero-order valence-electron chi connectivity index (χ0n) is 33.0. The van der Waals surface area contributed by atoms with E-state index in [9.17, 15) is 29.4 Å². The number of fused-ring (bicyclic) bond motifs is 4. The topological polar surface area (TPSA) is 155 Å². The average Bonchev–Trinajstić information content (AvgIpc) is 3.51. The Kier molecular flexibility index (Phi) is 8.34. The van der Waals surface area contributed by atoms with Gasteiger partial charge in [0.15, 0.2) is 5.79 Å². The molecule has 0 aromatic carbocycles. The van der Waals surface area contributed by atoms with Gasteiger partial charge in [0, 0.05) is 48.9 Å². The fourth-order valence-electron chi connectivity index (χ4n) is 14.1. The van der Waals surface area contributed by atoms with Gasteiger partial charge in [0.25, 0.3) is 0 Å². The Hall–Kier alpha value is -2.24. The summed E-state index contributed by atoms with van der Waals surface area (Å²) in [6.45, 7) is 18.7. The minimum atomic E-state index is -1.28. The van der Waals surface area contributed by atoms with Crippen LogP contribution in [0.5, 0.6) is 0 Å². The molecule has 7 rings (SSSR count). The third-order valence-electron chi connectivity index (χ3n) is 16.7. The van der Waals surface area contributed by atoms with E-state index >= 15 is 0 Å². The molecule has 7 fully saturated rings. The van der Waals surface area contributed by atoms with E-state index in [0.29, 0.717) is 25.4 Å². The molecule has 2 saturated heterocycles. The van der Waals surface area contributed by atoms with E-state index in [1.807, 2.05) is 0 Å². The van der Waals surface area contributed by atoms with Crippen molar-refractivity contribution in [3.8, 4) is 0 Å². The first-order valence-corrected chi connectivity index (χ1v) is 19.7. The van der Waals surface area contributed by atoms with E-state index in [0.717, 1.165) is 44.9 Å². The highest BCUT2D eigenvalue weighted by molar-refractivity contribution is 5.75. The molecule has 0 aromatic heterocycles. The van der Waals surface area contributed by atoms with Gasteiger partial charge < -0.3 is 33.9 Å². The van der Waals surface area contributed by atoms with Crippen LogP contribution in [0.2, 0.25) is 0 Å². The maximum atomic E-state index is 13.1. The lowest BCUT2D eigenvalue weighted by Crippen LogP contribution is -2.63. The van der Waals surface area contributed by atoms with Crippen LogP contribution in [0.15, 0.2) is 0 Å². The predicted molar refractivity (Wildman–Crippen MR) is 187 cm³/mol. The van der Waals surface area contributed by atoms with Gasteiger partial charge in [-0.25, -0.2) is 0 Å². The summed E-state index contributed by atoms with van der Waals surface area (Å²) in [4.78, 5) is 50.8. The molecule has 11 nitrogen and oxygen atoms in total.